The Balaban J connectivity index is 2.97. The molecule has 0 saturated heterocycles. The third-order valence-corrected chi connectivity index (χ3v) is 2.34. The third-order valence-electron chi connectivity index (χ3n) is 2.34. The van der Waals surface area contributed by atoms with Gasteiger partial charge in [0.05, 0.1) is 10.5 Å². The molecule has 98 valence electrons. The zero-order chi connectivity index (χ0) is 13.7. The van der Waals surface area contributed by atoms with Crippen LogP contribution in [0.25, 0.3) is 0 Å². The Kier molecular flexibility index (Phi) is 4.55. The van der Waals surface area contributed by atoms with E-state index in [1.807, 2.05) is 0 Å². The average molecular weight is 254 g/mol. The van der Waals surface area contributed by atoms with Gasteiger partial charge in [0.15, 0.2) is 0 Å². The van der Waals surface area contributed by atoms with E-state index in [0.29, 0.717) is 13.0 Å². The Morgan fingerprint density at radius 3 is 2.89 bits per heavy atom. The maximum absolute atomic E-state index is 11.9. The summed E-state index contributed by atoms with van der Waals surface area (Å²) in [6.45, 7) is 0.289. The highest BCUT2D eigenvalue weighted by atomic mass is 16.6. The van der Waals surface area contributed by atoms with E-state index in [1.165, 1.54) is 11.9 Å². The number of carbonyl (C=O) groups excluding carboxylic acids is 1. The number of aromatic nitrogens is 1. The Morgan fingerprint density at radius 1 is 1.67 bits per heavy atom. The number of aliphatic hydroxyl groups excluding tert-OH is 1. The molecule has 8 nitrogen and oxygen atoms in total. The van der Waals surface area contributed by atoms with Crippen molar-refractivity contribution < 1.29 is 14.8 Å². The molecule has 18 heavy (non-hydrogen) atoms. The van der Waals surface area contributed by atoms with Crippen LogP contribution in [0.3, 0.4) is 0 Å². The highest BCUT2D eigenvalue weighted by molar-refractivity contribution is 5.98. The van der Waals surface area contributed by atoms with E-state index in [2.05, 4.69) is 4.98 Å². The number of nitrogens with zero attached hydrogens (tertiary/aromatic N) is 3. The first-order chi connectivity index (χ1) is 8.47. The fourth-order valence-corrected chi connectivity index (χ4v) is 1.35. The van der Waals surface area contributed by atoms with Crippen molar-refractivity contribution in [3.63, 3.8) is 0 Å². The first-order valence-corrected chi connectivity index (χ1v) is 5.23. The normalized spacial score (nSPS) is 10.1. The maximum Gasteiger partial charge on any atom is 0.288 e. The van der Waals surface area contributed by atoms with Crippen LogP contribution in [0.1, 0.15) is 16.8 Å². The van der Waals surface area contributed by atoms with Gasteiger partial charge in [-0.15, -0.1) is 0 Å². The van der Waals surface area contributed by atoms with E-state index >= 15 is 0 Å². The molecule has 0 saturated carbocycles. The molecular weight excluding hydrogens is 240 g/mol. The molecule has 0 bridgehead atoms. The molecule has 0 spiro atoms. The van der Waals surface area contributed by atoms with Gasteiger partial charge in [0.1, 0.15) is 12.0 Å². The van der Waals surface area contributed by atoms with Crippen LogP contribution in [0.15, 0.2) is 12.3 Å². The van der Waals surface area contributed by atoms with Crippen molar-refractivity contribution in [1.82, 2.24) is 9.88 Å². The number of aliphatic hydroxyl groups is 1. The van der Waals surface area contributed by atoms with E-state index in [4.69, 9.17) is 10.8 Å². The zero-order valence-corrected chi connectivity index (χ0v) is 9.87. The predicted octanol–water partition coefficient (Wildman–Crippen LogP) is 0.0264. The molecule has 1 rings (SSSR count). The van der Waals surface area contributed by atoms with Gasteiger partial charge in [-0.05, 0) is 6.42 Å². The molecule has 3 N–H and O–H groups in total. The van der Waals surface area contributed by atoms with Crippen molar-refractivity contribution in [2.24, 2.45) is 0 Å². The number of rotatable bonds is 5. The fraction of sp³-hybridized carbons (Fsp3) is 0.400. The number of pyridine rings is 1. The van der Waals surface area contributed by atoms with Crippen LogP contribution >= 0.6 is 0 Å². The fourth-order valence-electron chi connectivity index (χ4n) is 1.35. The van der Waals surface area contributed by atoms with Gasteiger partial charge in [0, 0.05) is 26.3 Å². The molecule has 0 atom stereocenters. The molecule has 0 radical (unpaired) electrons. The van der Waals surface area contributed by atoms with Gasteiger partial charge in [-0.25, -0.2) is 4.98 Å². The van der Waals surface area contributed by atoms with Gasteiger partial charge in [0.25, 0.3) is 11.6 Å². The Labute approximate surface area is 103 Å². The lowest BCUT2D eigenvalue weighted by Gasteiger charge is -2.16. The monoisotopic (exact) mass is 254 g/mol. The number of amides is 1. The summed E-state index contributed by atoms with van der Waals surface area (Å²) in [7, 11) is 1.52. The number of anilines is 1. The lowest BCUT2D eigenvalue weighted by atomic mass is 10.2. The molecule has 0 aromatic carbocycles. The van der Waals surface area contributed by atoms with Gasteiger partial charge in [-0.2, -0.15) is 0 Å². The molecule has 0 fully saturated rings. The molecule has 0 aliphatic carbocycles. The van der Waals surface area contributed by atoms with E-state index < -0.39 is 10.8 Å². The molecule has 1 aromatic rings. The van der Waals surface area contributed by atoms with Gasteiger partial charge in [-0.3, -0.25) is 14.9 Å². The van der Waals surface area contributed by atoms with Crippen molar-refractivity contribution in [3.05, 3.63) is 27.9 Å². The summed E-state index contributed by atoms with van der Waals surface area (Å²) in [6.07, 6.45) is 1.42. The summed E-state index contributed by atoms with van der Waals surface area (Å²) in [5.41, 5.74) is 5.23. The molecule has 8 heteroatoms. The summed E-state index contributed by atoms with van der Waals surface area (Å²) in [5.74, 6) is -0.515. The van der Waals surface area contributed by atoms with Crippen molar-refractivity contribution in [2.75, 3.05) is 25.9 Å². The summed E-state index contributed by atoms with van der Waals surface area (Å²) in [5, 5.41) is 19.3. The van der Waals surface area contributed by atoms with E-state index in [1.54, 1.807) is 0 Å². The number of hydrogen-bond donors (Lipinski definition) is 2. The topological polar surface area (TPSA) is 123 Å². The SMILES string of the molecule is CN(CCCO)C(=O)c1cc([N+](=O)[O-])cnc1N. The minimum atomic E-state index is -0.642. The van der Waals surface area contributed by atoms with Crippen LogP contribution in [0.2, 0.25) is 0 Å². The molecule has 0 unspecified atom stereocenters. The molecule has 0 aliphatic rings. The quantitative estimate of drug-likeness (QED) is 0.564. The van der Waals surface area contributed by atoms with Crippen molar-refractivity contribution >= 4 is 17.4 Å². The number of nitro groups is 1. The van der Waals surface area contributed by atoms with Crippen LogP contribution in [-0.4, -0.2) is 46.0 Å². The smallest absolute Gasteiger partial charge is 0.288 e. The number of nitrogens with two attached hydrogens (primary N) is 1. The largest absolute Gasteiger partial charge is 0.396 e. The highest BCUT2D eigenvalue weighted by Crippen LogP contribution is 2.18. The van der Waals surface area contributed by atoms with Crippen molar-refractivity contribution in [1.29, 1.82) is 0 Å². The molecule has 1 amide bonds. The first-order valence-electron chi connectivity index (χ1n) is 5.23. The van der Waals surface area contributed by atoms with E-state index in [-0.39, 0.29) is 23.7 Å². The molecule has 0 aliphatic heterocycles. The first kappa shape index (κ1) is 13.8. The second-order valence-electron chi connectivity index (χ2n) is 3.69. The number of carbonyl (C=O) groups is 1. The molecular formula is C10H14N4O4. The molecule has 1 aromatic heterocycles. The number of hydrogen-bond acceptors (Lipinski definition) is 6. The van der Waals surface area contributed by atoms with Gasteiger partial charge >= 0.3 is 0 Å². The summed E-state index contributed by atoms with van der Waals surface area (Å²) < 4.78 is 0. The third kappa shape index (κ3) is 3.14. The minimum absolute atomic E-state index is 0.00959. The van der Waals surface area contributed by atoms with Crippen LogP contribution in [0.4, 0.5) is 11.5 Å². The lowest BCUT2D eigenvalue weighted by Crippen LogP contribution is -2.29. The summed E-state index contributed by atoms with van der Waals surface area (Å²) >= 11 is 0. The van der Waals surface area contributed by atoms with Crippen LogP contribution < -0.4 is 5.73 Å². The minimum Gasteiger partial charge on any atom is -0.396 e. The molecule has 1 heterocycles. The Morgan fingerprint density at radius 2 is 2.33 bits per heavy atom. The van der Waals surface area contributed by atoms with Gasteiger partial charge < -0.3 is 15.7 Å². The highest BCUT2D eigenvalue weighted by Gasteiger charge is 2.19. The second kappa shape index (κ2) is 5.92. The standard InChI is InChI=1S/C10H14N4O4/c1-13(3-2-4-15)10(16)8-5-7(14(17)18)6-12-9(8)11/h5-6,15H,2-4H2,1H3,(H2,11,12). The second-order valence-corrected chi connectivity index (χ2v) is 3.69. The van der Waals surface area contributed by atoms with Crippen LogP contribution in [-0.2, 0) is 0 Å². The number of nitrogen functional groups attached to an aromatic ring is 1. The predicted molar refractivity (Wildman–Crippen MR) is 64.0 cm³/mol. The van der Waals surface area contributed by atoms with E-state index in [9.17, 15) is 14.9 Å². The lowest BCUT2D eigenvalue weighted by molar-refractivity contribution is -0.385. The van der Waals surface area contributed by atoms with Crippen molar-refractivity contribution in [3.8, 4) is 0 Å². The summed E-state index contributed by atoms with van der Waals surface area (Å²) in [6, 6.07) is 1.10. The Bertz CT molecular complexity index is 463. The maximum atomic E-state index is 11.9. The average Bonchev–Trinajstić information content (AvgIpc) is 2.35. The van der Waals surface area contributed by atoms with E-state index in [0.717, 1.165) is 12.3 Å². The van der Waals surface area contributed by atoms with Gasteiger partial charge in [-0.1, -0.05) is 0 Å². The van der Waals surface area contributed by atoms with Crippen molar-refractivity contribution in [2.45, 2.75) is 6.42 Å². The van der Waals surface area contributed by atoms with Crippen LogP contribution in [0.5, 0.6) is 0 Å². The Hall–Kier alpha value is -2.22. The van der Waals surface area contributed by atoms with Crippen LogP contribution in [0, 0.1) is 10.1 Å². The summed E-state index contributed by atoms with van der Waals surface area (Å²) in [4.78, 5) is 26.9. The van der Waals surface area contributed by atoms with Gasteiger partial charge in [0.2, 0.25) is 0 Å². The zero-order valence-electron chi connectivity index (χ0n) is 9.87.